The molecule has 18 heavy (non-hydrogen) atoms. The van der Waals surface area contributed by atoms with Crippen molar-refractivity contribution < 1.29 is 14.7 Å². The molecular weight excluding hydrogens is 252 g/mol. The standard InChI is InChI=1S/C12H16N2O3S/c1-7-6-13-12(18-7)14-10(15)8-4-2-3-5-9(8)11(16)17/h6,8-9H,2-5H2,1H3,(H,16,17)(H,13,14,15)/p-1/t8-,9-/m1/s1. The van der Waals surface area contributed by atoms with E-state index in [0.29, 0.717) is 18.0 Å². The number of aromatic nitrogens is 1. The number of aryl methyl sites for hydroxylation is 1. The van der Waals surface area contributed by atoms with Crippen LogP contribution in [0, 0.1) is 18.8 Å². The Morgan fingerprint density at radius 1 is 1.39 bits per heavy atom. The zero-order valence-corrected chi connectivity index (χ0v) is 11.0. The lowest BCUT2D eigenvalue weighted by Gasteiger charge is -2.30. The van der Waals surface area contributed by atoms with Gasteiger partial charge in [-0.15, -0.1) is 11.3 Å². The highest BCUT2D eigenvalue weighted by atomic mass is 32.1. The van der Waals surface area contributed by atoms with Crippen LogP contribution in [0.3, 0.4) is 0 Å². The Labute approximate surface area is 109 Å². The molecule has 0 aromatic carbocycles. The monoisotopic (exact) mass is 267 g/mol. The Morgan fingerprint density at radius 2 is 2.06 bits per heavy atom. The van der Waals surface area contributed by atoms with Gasteiger partial charge in [0, 0.05) is 28.9 Å². The summed E-state index contributed by atoms with van der Waals surface area (Å²) in [7, 11) is 0. The molecule has 1 aromatic rings. The predicted molar refractivity (Wildman–Crippen MR) is 65.9 cm³/mol. The molecule has 5 nitrogen and oxygen atoms in total. The second-order valence-electron chi connectivity index (χ2n) is 4.58. The van der Waals surface area contributed by atoms with Crippen molar-refractivity contribution in [2.75, 3.05) is 5.32 Å². The van der Waals surface area contributed by atoms with Crippen molar-refractivity contribution in [3.63, 3.8) is 0 Å². The van der Waals surface area contributed by atoms with Gasteiger partial charge in [-0.05, 0) is 19.8 Å². The SMILES string of the molecule is Cc1cnc(NC(=O)[C@@H]2CCCC[C@H]2C(=O)[O-])s1. The number of amides is 1. The normalized spacial score (nSPS) is 23.6. The third-order valence-corrected chi connectivity index (χ3v) is 4.09. The summed E-state index contributed by atoms with van der Waals surface area (Å²) in [5, 5.41) is 14.2. The number of anilines is 1. The number of carboxylic acids is 1. The molecule has 6 heteroatoms. The third-order valence-electron chi connectivity index (χ3n) is 3.26. The Hall–Kier alpha value is -1.43. The molecule has 0 radical (unpaired) electrons. The lowest BCUT2D eigenvalue weighted by molar-refractivity contribution is -0.313. The van der Waals surface area contributed by atoms with Crippen LogP contribution in [-0.2, 0) is 9.59 Å². The van der Waals surface area contributed by atoms with Crippen LogP contribution in [0.4, 0.5) is 5.13 Å². The van der Waals surface area contributed by atoms with Gasteiger partial charge in [0.2, 0.25) is 5.91 Å². The Morgan fingerprint density at radius 3 is 2.61 bits per heavy atom. The van der Waals surface area contributed by atoms with Crippen molar-refractivity contribution in [1.29, 1.82) is 0 Å². The molecule has 1 fully saturated rings. The minimum atomic E-state index is -1.12. The van der Waals surface area contributed by atoms with Crippen molar-refractivity contribution in [3.05, 3.63) is 11.1 Å². The van der Waals surface area contributed by atoms with E-state index in [1.54, 1.807) is 6.20 Å². The largest absolute Gasteiger partial charge is 0.550 e. The zero-order chi connectivity index (χ0) is 13.1. The summed E-state index contributed by atoms with van der Waals surface area (Å²) in [4.78, 5) is 28.1. The van der Waals surface area contributed by atoms with Crippen LogP contribution in [0.15, 0.2) is 6.20 Å². The van der Waals surface area contributed by atoms with E-state index in [1.165, 1.54) is 11.3 Å². The van der Waals surface area contributed by atoms with Gasteiger partial charge in [-0.25, -0.2) is 4.98 Å². The maximum atomic E-state index is 12.1. The number of carbonyl (C=O) groups is 2. The second kappa shape index (κ2) is 5.48. The number of nitrogens with zero attached hydrogens (tertiary/aromatic N) is 1. The summed E-state index contributed by atoms with van der Waals surface area (Å²) in [6.45, 7) is 1.90. The molecule has 2 rings (SSSR count). The van der Waals surface area contributed by atoms with Crippen LogP contribution < -0.4 is 10.4 Å². The van der Waals surface area contributed by atoms with Gasteiger partial charge in [0.05, 0.1) is 0 Å². The quantitative estimate of drug-likeness (QED) is 0.883. The van der Waals surface area contributed by atoms with E-state index in [-0.39, 0.29) is 5.91 Å². The molecule has 0 aliphatic heterocycles. The molecule has 0 spiro atoms. The first kappa shape index (κ1) is 13.0. The lowest BCUT2D eigenvalue weighted by atomic mass is 9.79. The Kier molecular flexibility index (Phi) is 3.96. The molecule has 1 saturated carbocycles. The number of carbonyl (C=O) groups excluding carboxylic acids is 2. The highest BCUT2D eigenvalue weighted by Crippen LogP contribution is 2.31. The van der Waals surface area contributed by atoms with Crippen LogP contribution in [0.25, 0.3) is 0 Å². The van der Waals surface area contributed by atoms with E-state index in [1.807, 2.05) is 6.92 Å². The van der Waals surface area contributed by atoms with Crippen LogP contribution in [-0.4, -0.2) is 16.9 Å². The number of hydrogen-bond acceptors (Lipinski definition) is 5. The first-order valence-corrected chi connectivity index (χ1v) is 6.83. The van der Waals surface area contributed by atoms with Gasteiger partial charge >= 0.3 is 0 Å². The number of rotatable bonds is 3. The molecule has 1 aliphatic carbocycles. The highest BCUT2D eigenvalue weighted by molar-refractivity contribution is 7.15. The van der Waals surface area contributed by atoms with Crippen LogP contribution in [0.2, 0.25) is 0 Å². The summed E-state index contributed by atoms with van der Waals surface area (Å²) in [6, 6.07) is 0. The molecule has 1 aromatic heterocycles. The maximum Gasteiger partial charge on any atom is 0.229 e. The van der Waals surface area contributed by atoms with Crippen molar-refractivity contribution >= 4 is 28.3 Å². The smallest absolute Gasteiger partial charge is 0.229 e. The van der Waals surface area contributed by atoms with Gasteiger partial charge in [-0.1, -0.05) is 12.8 Å². The van der Waals surface area contributed by atoms with E-state index < -0.39 is 17.8 Å². The zero-order valence-electron chi connectivity index (χ0n) is 10.1. The molecule has 1 aliphatic rings. The van der Waals surface area contributed by atoms with Gasteiger partial charge in [-0.2, -0.15) is 0 Å². The fourth-order valence-electron chi connectivity index (χ4n) is 2.34. The van der Waals surface area contributed by atoms with Crippen molar-refractivity contribution in [2.24, 2.45) is 11.8 Å². The van der Waals surface area contributed by atoms with E-state index in [0.717, 1.165) is 17.7 Å². The number of nitrogens with one attached hydrogen (secondary N) is 1. The summed E-state index contributed by atoms with van der Waals surface area (Å²) in [5.41, 5.74) is 0. The average molecular weight is 267 g/mol. The number of hydrogen-bond donors (Lipinski definition) is 1. The molecule has 0 bridgehead atoms. The van der Waals surface area contributed by atoms with Crippen molar-refractivity contribution in [1.82, 2.24) is 4.98 Å². The topological polar surface area (TPSA) is 82.1 Å². The fraction of sp³-hybridized carbons (Fsp3) is 0.583. The lowest BCUT2D eigenvalue weighted by Crippen LogP contribution is -2.42. The summed E-state index contributed by atoms with van der Waals surface area (Å²) in [6.07, 6.45) is 4.54. The molecule has 98 valence electrons. The molecule has 0 saturated heterocycles. The summed E-state index contributed by atoms with van der Waals surface area (Å²) < 4.78 is 0. The number of thiazole rings is 1. The van der Waals surface area contributed by atoms with Gasteiger partial charge < -0.3 is 15.2 Å². The average Bonchev–Trinajstić information content (AvgIpc) is 2.74. The van der Waals surface area contributed by atoms with Crippen molar-refractivity contribution in [3.8, 4) is 0 Å². The molecule has 1 amide bonds. The van der Waals surface area contributed by atoms with E-state index in [9.17, 15) is 14.7 Å². The van der Waals surface area contributed by atoms with Crippen LogP contribution >= 0.6 is 11.3 Å². The Bertz CT molecular complexity index is 458. The minimum absolute atomic E-state index is 0.252. The summed E-state index contributed by atoms with van der Waals surface area (Å²) >= 11 is 1.38. The van der Waals surface area contributed by atoms with Gasteiger partial charge in [0.25, 0.3) is 0 Å². The minimum Gasteiger partial charge on any atom is -0.550 e. The molecule has 0 unspecified atom stereocenters. The fourth-order valence-corrected chi connectivity index (χ4v) is 3.00. The van der Waals surface area contributed by atoms with Gasteiger partial charge in [0.15, 0.2) is 5.13 Å². The molecule has 2 atom stereocenters. The van der Waals surface area contributed by atoms with Gasteiger partial charge in [-0.3, -0.25) is 4.79 Å². The highest BCUT2D eigenvalue weighted by Gasteiger charge is 2.32. The number of aliphatic carboxylic acids is 1. The second-order valence-corrected chi connectivity index (χ2v) is 5.82. The van der Waals surface area contributed by atoms with Crippen molar-refractivity contribution in [2.45, 2.75) is 32.6 Å². The number of carboxylic acid groups (broad SMARTS) is 1. The Balaban J connectivity index is 2.04. The first-order chi connectivity index (χ1) is 8.58. The molecule has 1 N–H and O–H groups in total. The van der Waals surface area contributed by atoms with Crippen LogP contribution in [0.5, 0.6) is 0 Å². The predicted octanol–water partition coefficient (Wildman–Crippen LogP) is 0.946. The van der Waals surface area contributed by atoms with Gasteiger partial charge in [0.1, 0.15) is 0 Å². The summed E-state index contributed by atoms with van der Waals surface area (Å²) in [5.74, 6) is -2.53. The van der Waals surface area contributed by atoms with E-state index >= 15 is 0 Å². The first-order valence-electron chi connectivity index (χ1n) is 6.02. The molecule has 1 heterocycles. The molecular formula is C12H15N2O3S-. The third kappa shape index (κ3) is 2.87. The van der Waals surface area contributed by atoms with E-state index in [2.05, 4.69) is 10.3 Å². The van der Waals surface area contributed by atoms with Crippen LogP contribution in [0.1, 0.15) is 30.6 Å². The van der Waals surface area contributed by atoms with E-state index in [4.69, 9.17) is 0 Å². The maximum absolute atomic E-state index is 12.1.